The van der Waals surface area contributed by atoms with Crippen molar-refractivity contribution in [2.24, 2.45) is 0 Å². The number of hydrogen-bond donors (Lipinski definition) is 1. The highest BCUT2D eigenvalue weighted by Gasteiger charge is 2.32. The van der Waals surface area contributed by atoms with Gasteiger partial charge in [-0.15, -0.1) is 0 Å². The number of hydrogen-bond acceptors (Lipinski definition) is 6. The predicted octanol–water partition coefficient (Wildman–Crippen LogP) is 3.43. The van der Waals surface area contributed by atoms with Crippen LogP contribution in [-0.2, 0) is 0 Å². The van der Waals surface area contributed by atoms with Crippen LogP contribution in [0.4, 0.5) is 0 Å². The standard InChI is InChI=1S/C19H20O6/c1-10-14(23-3)9-17-18(19(10)21)12(20)8-15(25-17)11-5-6-13(22-2)16(7-11)24-4/h5-7,9,15,21H,8H2,1-4H3/t15-/m0/s1. The number of aromatic hydroxyl groups is 1. The highest BCUT2D eigenvalue weighted by atomic mass is 16.5. The molecule has 0 aromatic heterocycles. The van der Waals surface area contributed by atoms with Crippen molar-refractivity contribution in [3.8, 4) is 28.7 Å². The number of phenolic OH excluding ortho intramolecular Hbond substituents is 1. The zero-order valence-corrected chi connectivity index (χ0v) is 14.6. The first kappa shape index (κ1) is 17.0. The Morgan fingerprint density at radius 2 is 1.72 bits per heavy atom. The van der Waals surface area contributed by atoms with E-state index in [-0.39, 0.29) is 23.5 Å². The smallest absolute Gasteiger partial charge is 0.174 e. The van der Waals surface area contributed by atoms with Crippen molar-refractivity contribution in [1.82, 2.24) is 0 Å². The van der Waals surface area contributed by atoms with Gasteiger partial charge >= 0.3 is 0 Å². The van der Waals surface area contributed by atoms with E-state index in [4.69, 9.17) is 18.9 Å². The molecule has 1 aliphatic rings. The molecule has 0 bridgehead atoms. The second-order valence-electron chi connectivity index (χ2n) is 5.77. The van der Waals surface area contributed by atoms with Crippen LogP contribution in [0.3, 0.4) is 0 Å². The molecule has 2 aromatic rings. The summed E-state index contributed by atoms with van der Waals surface area (Å²) < 4.78 is 21.8. The van der Waals surface area contributed by atoms with E-state index < -0.39 is 6.10 Å². The molecule has 0 amide bonds. The lowest BCUT2D eigenvalue weighted by Gasteiger charge is -2.27. The molecular weight excluding hydrogens is 324 g/mol. The molecule has 25 heavy (non-hydrogen) atoms. The summed E-state index contributed by atoms with van der Waals surface area (Å²) in [7, 11) is 4.62. The molecule has 1 aliphatic heterocycles. The fraction of sp³-hybridized carbons (Fsp3) is 0.316. The van der Waals surface area contributed by atoms with Gasteiger partial charge in [-0.25, -0.2) is 0 Å². The Labute approximate surface area is 145 Å². The van der Waals surface area contributed by atoms with Gasteiger partial charge < -0.3 is 24.1 Å². The first-order valence-corrected chi connectivity index (χ1v) is 7.82. The first-order valence-electron chi connectivity index (χ1n) is 7.82. The Morgan fingerprint density at radius 3 is 2.36 bits per heavy atom. The molecular formula is C19H20O6. The van der Waals surface area contributed by atoms with E-state index in [0.29, 0.717) is 28.6 Å². The van der Waals surface area contributed by atoms with Crippen LogP contribution in [-0.4, -0.2) is 32.2 Å². The SMILES string of the molecule is COc1ccc([C@@H]2CC(=O)c3c(cc(OC)c(C)c3O)O2)cc1OC. The summed E-state index contributed by atoms with van der Waals surface area (Å²) in [5.41, 5.74) is 1.51. The van der Waals surface area contributed by atoms with Crippen molar-refractivity contribution in [2.75, 3.05) is 21.3 Å². The van der Waals surface area contributed by atoms with Crippen molar-refractivity contribution < 1.29 is 28.8 Å². The lowest BCUT2D eigenvalue weighted by molar-refractivity contribution is 0.0844. The van der Waals surface area contributed by atoms with Gasteiger partial charge in [0.15, 0.2) is 17.3 Å². The number of benzene rings is 2. The normalized spacial score (nSPS) is 16.0. The van der Waals surface area contributed by atoms with Crippen LogP contribution in [0, 0.1) is 6.92 Å². The Balaban J connectivity index is 2.02. The number of fused-ring (bicyclic) bond motifs is 1. The number of Topliss-reactive ketones (excluding diaryl/α,β-unsaturated/α-hetero) is 1. The predicted molar refractivity (Wildman–Crippen MR) is 91.3 cm³/mol. The van der Waals surface area contributed by atoms with Crippen molar-refractivity contribution in [1.29, 1.82) is 0 Å². The van der Waals surface area contributed by atoms with E-state index in [1.165, 1.54) is 7.11 Å². The Morgan fingerprint density at radius 1 is 1.04 bits per heavy atom. The Hall–Kier alpha value is -2.89. The van der Waals surface area contributed by atoms with Gasteiger partial charge in [-0.1, -0.05) is 6.07 Å². The third-order valence-corrected chi connectivity index (χ3v) is 4.39. The van der Waals surface area contributed by atoms with Crippen LogP contribution in [0.2, 0.25) is 0 Å². The molecule has 1 heterocycles. The highest BCUT2D eigenvalue weighted by Crippen LogP contribution is 2.45. The zero-order chi connectivity index (χ0) is 18.1. The summed E-state index contributed by atoms with van der Waals surface area (Å²) >= 11 is 0. The third kappa shape index (κ3) is 2.84. The Kier molecular flexibility index (Phi) is 4.44. The maximum Gasteiger partial charge on any atom is 0.174 e. The van der Waals surface area contributed by atoms with Crippen molar-refractivity contribution >= 4 is 5.78 Å². The van der Waals surface area contributed by atoms with Crippen LogP contribution >= 0.6 is 0 Å². The van der Waals surface area contributed by atoms with Gasteiger partial charge in [-0.05, 0) is 24.6 Å². The van der Waals surface area contributed by atoms with Crippen molar-refractivity contribution in [3.63, 3.8) is 0 Å². The topological polar surface area (TPSA) is 74.2 Å². The third-order valence-electron chi connectivity index (χ3n) is 4.39. The van der Waals surface area contributed by atoms with Crippen molar-refractivity contribution in [3.05, 3.63) is 41.0 Å². The van der Waals surface area contributed by atoms with Gasteiger partial charge in [0.2, 0.25) is 0 Å². The molecule has 1 N–H and O–H groups in total. The molecule has 0 spiro atoms. The summed E-state index contributed by atoms with van der Waals surface area (Å²) in [5.74, 6) is 1.68. The molecule has 0 radical (unpaired) electrons. The minimum absolute atomic E-state index is 0.0925. The summed E-state index contributed by atoms with van der Waals surface area (Å²) in [6.07, 6.45) is -0.353. The van der Waals surface area contributed by atoms with Gasteiger partial charge in [-0.2, -0.15) is 0 Å². The lowest BCUT2D eigenvalue weighted by atomic mass is 9.94. The fourth-order valence-electron chi connectivity index (χ4n) is 3.00. The molecule has 3 rings (SSSR count). The van der Waals surface area contributed by atoms with Crippen LogP contribution in [0.15, 0.2) is 24.3 Å². The number of rotatable bonds is 4. The minimum Gasteiger partial charge on any atom is -0.507 e. The number of phenols is 1. The molecule has 6 nitrogen and oxygen atoms in total. The molecule has 0 unspecified atom stereocenters. The molecule has 0 saturated heterocycles. The monoisotopic (exact) mass is 344 g/mol. The number of carbonyl (C=O) groups is 1. The maximum absolute atomic E-state index is 12.6. The van der Waals surface area contributed by atoms with E-state index in [1.807, 2.05) is 6.07 Å². The molecule has 132 valence electrons. The van der Waals surface area contributed by atoms with Crippen molar-refractivity contribution in [2.45, 2.75) is 19.4 Å². The quantitative estimate of drug-likeness (QED) is 0.916. The van der Waals surface area contributed by atoms with E-state index in [2.05, 4.69) is 0 Å². The summed E-state index contributed by atoms with van der Waals surface area (Å²) in [5, 5.41) is 10.3. The van der Waals surface area contributed by atoms with E-state index in [0.717, 1.165) is 5.56 Å². The van der Waals surface area contributed by atoms with Gasteiger partial charge in [0.25, 0.3) is 0 Å². The molecule has 2 aromatic carbocycles. The number of methoxy groups -OCH3 is 3. The van der Waals surface area contributed by atoms with E-state index in [9.17, 15) is 9.90 Å². The second-order valence-corrected chi connectivity index (χ2v) is 5.77. The number of ketones is 1. The molecule has 0 aliphatic carbocycles. The van der Waals surface area contributed by atoms with Gasteiger partial charge in [-0.3, -0.25) is 4.79 Å². The van der Waals surface area contributed by atoms with Crippen LogP contribution in [0.5, 0.6) is 28.7 Å². The summed E-state index contributed by atoms with van der Waals surface area (Å²) in [6, 6.07) is 7.02. The molecule has 0 fully saturated rings. The van der Waals surface area contributed by atoms with Crippen LogP contribution in [0.25, 0.3) is 0 Å². The zero-order valence-electron chi connectivity index (χ0n) is 14.6. The average Bonchev–Trinajstić information content (AvgIpc) is 2.63. The highest BCUT2D eigenvalue weighted by molar-refractivity contribution is 6.03. The largest absolute Gasteiger partial charge is 0.507 e. The van der Waals surface area contributed by atoms with Crippen LogP contribution in [0.1, 0.15) is 34.0 Å². The van der Waals surface area contributed by atoms with E-state index in [1.54, 1.807) is 39.3 Å². The summed E-state index contributed by atoms with van der Waals surface area (Å²) in [6.45, 7) is 1.70. The molecule has 6 heteroatoms. The Bertz CT molecular complexity index is 827. The number of ether oxygens (including phenoxy) is 4. The number of carbonyl (C=O) groups excluding carboxylic acids is 1. The molecule has 1 atom stereocenters. The van der Waals surface area contributed by atoms with Crippen LogP contribution < -0.4 is 18.9 Å². The molecule has 0 saturated carbocycles. The summed E-state index contributed by atoms with van der Waals surface area (Å²) in [4.78, 5) is 12.6. The van der Waals surface area contributed by atoms with Gasteiger partial charge in [0, 0.05) is 11.6 Å². The average molecular weight is 344 g/mol. The fourth-order valence-corrected chi connectivity index (χ4v) is 3.00. The maximum atomic E-state index is 12.6. The van der Waals surface area contributed by atoms with E-state index >= 15 is 0 Å². The van der Waals surface area contributed by atoms with Gasteiger partial charge in [0.05, 0.1) is 27.8 Å². The lowest BCUT2D eigenvalue weighted by Crippen LogP contribution is -2.21. The van der Waals surface area contributed by atoms with Gasteiger partial charge in [0.1, 0.15) is 28.9 Å². The minimum atomic E-state index is -0.480. The second kappa shape index (κ2) is 6.55. The first-order chi connectivity index (χ1) is 12.0.